The van der Waals surface area contributed by atoms with Gasteiger partial charge in [0.1, 0.15) is 0 Å². The number of anilines is 2. The molecule has 4 rings (SSSR count). The van der Waals surface area contributed by atoms with Gasteiger partial charge in [-0.25, -0.2) is 9.59 Å². The molecule has 3 aromatic carbocycles. The van der Waals surface area contributed by atoms with Gasteiger partial charge in [-0.05, 0) is 48.4 Å². The molecule has 1 aromatic heterocycles. The maximum atomic E-state index is 13.0. The number of hydrogen-bond acceptors (Lipinski definition) is 7. The van der Waals surface area contributed by atoms with Crippen LogP contribution < -0.4 is 10.6 Å². The van der Waals surface area contributed by atoms with Crippen molar-refractivity contribution in [1.29, 1.82) is 5.26 Å². The number of carbonyl (C=O) groups excluding carboxylic acids is 2. The monoisotopic (exact) mass is 470 g/mol. The van der Waals surface area contributed by atoms with Crippen molar-refractivity contribution in [2.75, 3.05) is 17.7 Å². The van der Waals surface area contributed by atoms with Gasteiger partial charge in [-0.1, -0.05) is 29.4 Å². The first kappa shape index (κ1) is 23.0. The summed E-state index contributed by atoms with van der Waals surface area (Å²) in [5.41, 5.74) is 2.79. The molecule has 0 radical (unpaired) electrons. The molecular weight excluding hydrogens is 452 g/mol. The number of hydrogen-bond donors (Lipinski definition) is 3. The molecule has 0 bridgehead atoms. The van der Waals surface area contributed by atoms with Crippen LogP contribution in [0.4, 0.5) is 16.2 Å². The largest absolute Gasteiger partial charge is 0.478 e. The number of nitrogens with zero attached hydrogens (tertiary/aromatic N) is 2. The smallest absolute Gasteiger partial charge is 0.411 e. The van der Waals surface area contributed by atoms with E-state index in [1.165, 1.54) is 25.3 Å². The van der Waals surface area contributed by atoms with Gasteiger partial charge in [0.15, 0.2) is 11.3 Å². The predicted molar refractivity (Wildman–Crippen MR) is 126 cm³/mol. The van der Waals surface area contributed by atoms with Crippen molar-refractivity contribution in [2.24, 2.45) is 0 Å². The highest BCUT2D eigenvalue weighted by Gasteiger charge is 2.22. The van der Waals surface area contributed by atoms with Crippen LogP contribution in [0.25, 0.3) is 22.1 Å². The number of carboxylic acid groups (broad SMARTS) is 1. The van der Waals surface area contributed by atoms with Gasteiger partial charge in [-0.2, -0.15) is 5.26 Å². The lowest BCUT2D eigenvalue weighted by molar-refractivity contribution is 0.0698. The topological polar surface area (TPSA) is 155 Å². The zero-order valence-electron chi connectivity index (χ0n) is 18.6. The van der Waals surface area contributed by atoms with Gasteiger partial charge in [0.2, 0.25) is 0 Å². The van der Waals surface area contributed by atoms with Gasteiger partial charge in [0, 0.05) is 5.56 Å². The Morgan fingerprint density at radius 2 is 1.80 bits per heavy atom. The Balaban J connectivity index is 1.79. The molecule has 0 aliphatic carbocycles. The fourth-order valence-electron chi connectivity index (χ4n) is 3.59. The van der Waals surface area contributed by atoms with Crippen LogP contribution in [0, 0.1) is 18.3 Å². The number of aryl methyl sites for hydroxylation is 1. The number of aromatic nitrogens is 1. The maximum Gasteiger partial charge on any atom is 0.411 e. The number of aromatic carboxylic acids is 1. The molecule has 2 amide bonds. The molecule has 3 N–H and O–H groups in total. The highest BCUT2D eigenvalue weighted by molar-refractivity contribution is 6.14. The number of amides is 2. The Morgan fingerprint density at radius 3 is 2.49 bits per heavy atom. The van der Waals surface area contributed by atoms with Crippen LogP contribution in [-0.4, -0.2) is 35.3 Å². The van der Waals surface area contributed by atoms with Gasteiger partial charge < -0.3 is 19.7 Å². The molecule has 0 spiro atoms. The van der Waals surface area contributed by atoms with E-state index in [1.807, 2.05) is 37.3 Å². The quantitative estimate of drug-likeness (QED) is 0.376. The molecule has 35 heavy (non-hydrogen) atoms. The summed E-state index contributed by atoms with van der Waals surface area (Å²) in [6, 6.07) is 16.4. The Hall–Kier alpha value is -5.17. The molecule has 10 heteroatoms. The number of methoxy groups -OCH3 is 1. The summed E-state index contributed by atoms with van der Waals surface area (Å²) < 4.78 is 10.1. The van der Waals surface area contributed by atoms with E-state index < -0.39 is 18.0 Å². The highest BCUT2D eigenvalue weighted by Crippen LogP contribution is 2.36. The van der Waals surface area contributed by atoms with Gasteiger partial charge in [0.25, 0.3) is 5.91 Å². The van der Waals surface area contributed by atoms with Crippen molar-refractivity contribution >= 4 is 40.3 Å². The minimum Gasteiger partial charge on any atom is -0.478 e. The molecule has 0 atom stereocenters. The molecule has 0 aliphatic rings. The second-order valence-corrected chi connectivity index (χ2v) is 7.49. The fourth-order valence-corrected chi connectivity index (χ4v) is 3.59. The van der Waals surface area contributed by atoms with E-state index in [9.17, 15) is 19.5 Å². The van der Waals surface area contributed by atoms with E-state index >= 15 is 0 Å². The molecule has 1 heterocycles. The van der Waals surface area contributed by atoms with Crippen molar-refractivity contribution in [2.45, 2.75) is 6.92 Å². The van der Waals surface area contributed by atoms with E-state index in [2.05, 4.69) is 15.8 Å². The molecule has 0 saturated heterocycles. The van der Waals surface area contributed by atoms with Crippen LogP contribution in [-0.2, 0) is 4.74 Å². The molecule has 0 unspecified atom stereocenters. The Bertz CT molecular complexity index is 1530. The number of carbonyl (C=O) groups is 3. The summed E-state index contributed by atoms with van der Waals surface area (Å²) in [5, 5.41) is 27.8. The predicted octanol–water partition coefficient (Wildman–Crippen LogP) is 4.80. The minimum absolute atomic E-state index is 0.0120. The third kappa shape index (κ3) is 4.51. The summed E-state index contributed by atoms with van der Waals surface area (Å²) in [4.78, 5) is 36.6. The Kier molecular flexibility index (Phi) is 6.16. The van der Waals surface area contributed by atoms with Crippen molar-refractivity contribution in [1.82, 2.24) is 5.16 Å². The normalized spacial score (nSPS) is 10.4. The number of benzene rings is 3. The van der Waals surface area contributed by atoms with Crippen LogP contribution in [0.5, 0.6) is 0 Å². The molecule has 0 fully saturated rings. The van der Waals surface area contributed by atoms with Crippen molar-refractivity contribution < 1.29 is 28.8 Å². The molecule has 174 valence electrons. The lowest BCUT2D eigenvalue weighted by Gasteiger charge is -2.13. The van der Waals surface area contributed by atoms with E-state index in [0.717, 1.165) is 17.2 Å². The average molecular weight is 470 g/mol. The summed E-state index contributed by atoms with van der Waals surface area (Å²) in [7, 11) is 1.23. The molecule has 0 saturated carbocycles. The lowest BCUT2D eigenvalue weighted by Crippen LogP contribution is -2.16. The van der Waals surface area contributed by atoms with Crippen molar-refractivity contribution in [3.8, 4) is 17.2 Å². The number of nitrogens with one attached hydrogen (secondary N) is 2. The zero-order chi connectivity index (χ0) is 25.1. The second kappa shape index (κ2) is 9.36. The Morgan fingerprint density at radius 1 is 1.03 bits per heavy atom. The summed E-state index contributed by atoms with van der Waals surface area (Å²) in [6.07, 6.45) is -0.703. The first-order valence-electron chi connectivity index (χ1n) is 10.3. The zero-order valence-corrected chi connectivity index (χ0v) is 18.6. The van der Waals surface area contributed by atoms with Gasteiger partial charge in [-0.15, -0.1) is 0 Å². The van der Waals surface area contributed by atoms with E-state index in [1.54, 1.807) is 6.07 Å². The van der Waals surface area contributed by atoms with Crippen LogP contribution in [0.3, 0.4) is 0 Å². The van der Waals surface area contributed by atoms with E-state index in [4.69, 9.17) is 14.5 Å². The van der Waals surface area contributed by atoms with Crippen LogP contribution in [0.2, 0.25) is 0 Å². The van der Waals surface area contributed by atoms with Gasteiger partial charge in [0.05, 0.1) is 41.1 Å². The number of carboxylic acids is 1. The van der Waals surface area contributed by atoms with Crippen LogP contribution in [0.15, 0.2) is 59.1 Å². The standard InChI is InChI=1S/C25H18N4O6/c1-13-5-3-4-6-15(13)16-11-21-18(10-20(16)28-25(33)34-2)22(29-35-21)23(30)27-19-8-7-14(12-26)9-17(19)24(31)32/h3-11H,1-2H3,(H,27,30)(H,28,33)(H,31,32). The number of rotatable bonds is 5. The first-order valence-corrected chi connectivity index (χ1v) is 10.3. The second-order valence-electron chi connectivity index (χ2n) is 7.49. The SMILES string of the molecule is COC(=O)Nc1cc2c(C(=O)Nc3ccc(C#N)cc3C(=O)O)noc2cc1-c1ccccc1C. The van der Waals surface area contributed by atoms with Crippen molar-refractivity contribution in [3.05, 3.63) is 77.0 Å². The number of nitriles is 1. The van der Waals surface area contributed by atoms with E-state index in [-0.39, 0.29) is 33.5 Å². The molecule has 0 aliphatic heterocycles. The van der Waals surface area contributed by atoms with Gasteiger partial charge >= 0.3 is 12.1 Å². The van der Waals surface area contributed by atoms with Crippen molar-refractivity contribution in [3.63, 3.8) is 0 Å². The summed E-state index contributed by atoms with van der Waals surface area (Å²) in [5.74, 6) is -2.04. The molecular formula is C25H18N4O6. The Labute approximate surface area is 198 Å². The average Bonchev–Trinajstić information content (AvgIpc) is 3.27. The third-order valence-electron chi connectivity index (χ3n) is 5.31. The third-order valence-corrected chi connectivity index (χ3v) is 5.31. The highest BCUT2D eigenvalue weighted by atomic mass is 16.5. The maximum absolute atomic E-state index is 13.0. The minimum atomic E-state index is -1.31. The molecule has 10 nitrogen and oxygen atoms in total. The molecule has 4 aromatic rings. The summed E-state index contributed by atoms with van der Waals surface area (Å²) in [6.45, 7) is 1.92. The lowest BCUT2D eigenvalue weighted by atomic mass is 9.97. The van der Waals surface area contributed by atoms with Crippen LogP contribution in [0.1, 0.15) is 32.0 Å². The number of ether oxygens (including phenoxy) is 1. The van der Waals surface area contributed by atoms with Crippen LogP contribution >= 0.6 is 0 Å². The fraction of sp³-hybridized carbons (Fsp3) is 0.0800. The van der Waals surface area contributed by atoms with E-state index in [0.29, 0.717) is 11.3 Å². The first-order chi connectivity index (χ1) is 16.8. The number of fused-ring (bicyclic) bond motifs is 1. The van der Waals surface area contributed by atoms with Gasteiger partial charge in [-0.3, -0.25) is 10.1 Å². The summed E-state index contributed by atoms with van der Waals surface area (Å²) >= 11 is 0.